The van der Waals surface area contributed by atoms with E-state index in [1.54, 1.807) is 6.08 Å². The van der Waals surface area contributed by atoms with Crippen LogP contribution in [-0.4, -0.2) is 30.1 Å². The minimum atomic E-state index is -4.51. The molecule has 2 amide bonds. The number of carbonyl (C=O) groups excluding carboxylic acids is 2. The SMILES string of the molecule is C=C(C(C)NC(=O)[C@H]1CC[C@H]2[C@@H]3CC[C@H]4NC(=O)C=C[C@]4(C)[C@H]3CC[C@]12C)C(F)(F)F. The Morgan fingerprint density at radius 3 is 2.58 bits per heavy atom. The van der Waals surface area contributed by atoms with Crippen LogP contribution in [0, 0.1) is 34.5 Å². The molecule has 8 atom stereocenters. The molecule has 1 aliphatic heterocycles. The van der Waals surface area contributed by atoms with E-state index in [-0.39, 0.29) is 34.6 Å². The van der Waals surface area contributed by atoms with Gasteiger partial charge in [-0.05, 0) is 74.7 Å². The normalized spacial score (nSPS) is 42.6. The molecular weight excluding hydrogens is 405 g/mol. The summed E-state index contributed by atoms with van der Waals surface area (Å²) in [5, 5.41) is 5.74. The summed E-state index contributed by atoms with van der Waals surface area (Å²) in [6.45, 7) is 8.90. The lowest BCUT2D eigenvalue weighted by molar-refractivity contribution is -0.135. The van der Waals surface area contributed by atoms with E-state index >= 15 is 0 Å². The van der Waals surface area contributed by atoms with Crippen LogP contribution in [0.15, 0.2) is 24.3 Å². The van der Waals surface area contributed by atoms with Crippen molar-refractivity contribution in [3.05, 3.63) is 24.3 Å². The van der Waals surface area contributed by atoms with Crippen molar-refractivity contribution in [1.82, 2.24) is 10.6 Å². The lowest BCUT2D eigenvalue weighted by Crippen LogP contribution is -2.59. The highest BCUT2D eigenvalue weighted by Gasteiger charge is 2.61. The number of hydrogen-bond acceptors (Lipinski definition) is 2. The van der Waals surface area contributed by atoms with Gasteiger partial charge in [-0.3, -0.25) is 9.59 Å². The molecule has 31 heavy (non-hydrogen) atoms. The Hall–Kier alpha value is -1.79. The van der Waals surface area contributed by atoms with Gasteiger partial charge in [-0.2, -0.15) is 13.2 Å². The molecule has 4 rings (SSSR count). The van der Waals surface area contributed by atoms with Gasteiger partial charge in [-0.15, -0.1) is 0 Å². The molecule has 7 heteroatoms. The summed E-state index contributed by atoms with van der Waals surface area (Å²) in [5.74, 6) is 0.743. The molecule has 4 aliphatic rings. The molecule has 0 bridgehead atoms. The third-order valence-electron chi connectivity index (χ3n) is 9.25. The van der Waals surface area contributed by atoms with Crippen LogP contribution in [0.3, 0.4) is 0 Å². The lowest BCUT2D eigenvalue weighted by Gasteiger charge is -2.58. The van der Waals surface area contributed by atoms with Crippen molar-refractivity contribution in [3.8, 4) is 0 Å². The quantitative estimate of drug-likeness (QED) is 0.637. The maximum Gasteiger partial charge on any atom is 0.414 e. The van der Waals surface area contributed by atoms with Crippen molar-refractivity contribution in [2.24, 2.45) is 34.5 Å². The van der Waals surface area contributed by atoms with Gasteiger partial charge < -0.3 is 10.6 Å². The van der Waals surface area contributed by atoms with Crippen LogP contribution in [0.4, 0.5) is 13.2 Å². The van der Waals surface area contributed by atoms with E-state index in [9.17, 15) is 22.8 Å². The standard InChI is InChI=1S/C24H33F3N2O2/c1-13(24(25,26)27)14(2)28-21(31)18-7-6-16-15-5-8-19-23(4,12-10-20(30)29-19)17(15)9-11-22(16,18)3/h10,12,14-19H,1,5-9,11H2,2-4H3,(H,28,31)(H,29,30)/t14?,15-,16-,17-,18+,19+,22-,23+/m0/s1. The van der Waals surface area contributed by atoms with E-state index in [4.69, 9.17) is 0 Å². The molecule has 172 valence electrons. The van der Waals surface area contributed by atoms with Crippen molar-refractivity contribution in [2.45, 2.75) is 77.6 Å². The maximum atomic E-state index is 13.1. The fraction of sp³-hybridized carbons (Fsp3) is 0.750. The average Bonchev–Trinajstić information content (AvgIpc) is 3.04. The molecule has 0 aromatic rings. The first-order chi connectivity index (χ1) is 14.4. The molecule has 2 N–H and O–H groups in total. The number of fused-ring (bicyclic) bond motifs is 5. The van der Waals surface area contributed by atoms with Crippen molar-refractivity contribution < 1.29 is 22.8 Å². The van der Waals surface area contributed by atoms with E-state index in [2.05, 4.69) is 37.1 Å². The Balaban J connectivity index is 1.51. The smallest absolute Gasteiger partial charge is 0.349 e. The number of amides is 2. The summed E-state index contributed by atoms with van der Waals surface area (Å²) in [6.07, 6.45) is 4.70. The van der Waals surface area contributed by atoms with Gasteiger partial charge in [-0.25, -0.2) is 0 Å². The van der Waals surface area contributed by atoms with E-state index in [0.717, 1.165) is 32.1 Å². The number of hydrogen-bond donors (Lipinski definition) is 2. The highest BCUT2D eigenvalue weighted by molar-refractivity contribution is 5.89. The van der Waals surface area contributed by atoms with Crippen LogP contribution in [0.25, 0.3) is 0 Å². The Labute approximate surface area is 182 Å². The highest BCUT2D eigenvalue weighted by Crippen LogP contribution is 2.65. The third-order valence-corrected chi connectivity index (χ3v) is 9.25. The highest BCUT2D eigenvalue weighted by atomic mass is 19.4. The van der Waals surface area contributed by atoms with Crippen LogP contribution in [0.5, 0.6) is 0 Å². The first-order valence-corrected chi connectivity index (χ1v) is 11.4. The van der Waals surface area contributed by atoms with Crippen molar-refractivity contribution >= 4 is 11.8 Å². The first-order valence-electron chi connectivity index (χ1n) is 11.4. The average molecular weight is 439 g/mol. The second-order valence-electron chi connectivity index (χ2n) is 10.6. The van der Waals surface area contributed by atoms with Crippen molar-refractivity contribution in [3.63, 3.8) is 0 Å². The van der Waals surface area contributed by atoms with Gasteiger partial charge in [0.2, 0.25) is 11.8 Å². The Morgan fingerprint density at radius 2 is 1.90 bits per heavy atom. The minimum Gasteiger partial charge on any atom is -0.349 e. The summed E-state index contributed by atoms with van der Waals surface area (Å²) >= 11 is 0. The van der Waals surface area contributed by atoms with Crippen molar-refractivity contribution in [1.29, 1.82) is 0 Å². The second kappa shape index (κ2) is 7.38. The zero-order chi connectivity index (χ0) is 22.8. The van der Waals surface area contributed by atoms with Gasteiger partial charge in [0.25, 0.3) is 0 Å². The van der Waals surface area contributed by atoms with Gasteiger partial charge in [0, 0.05) is 22.9 Å². The van der Waals surface area contributed by atoms with E-state index in [0.29, 0.717) is 24.2 Å². The Kier molecular flexibility index (Phi) is 5.33. The van der Waals surface area contributed by atoms with Crippen LogP contribution in [0.2, 0.25) is 0 Å². The van der Waals surface area contributed by atoms with Gasteiger partial charge in [0.1, 0.15) is 0 Å². The molecular formula is C24H33F3N2O2. The summed E-state index contributed by atoms with van der Waals surface area (Å²) in [4.78, 5) is 24.9. The molecule has 3 saturated carbocycles. The first kappa shape index (κ1) is 22.4. The number of nitrogens with one attached hydrogen (secondary N) is 2. The lowest BCUT2D eigenvalue weighted by atomic mass is 9.48. The van der Waals surface area contributed by atoms with E-state index in [1.807, 2.05) is 0 Å². The van der Waals surface area contributed by atoms with Crippen LogP contribution in [0.1, 0.15) is 59.3 Å². The molecule has 0 aromatic heterocycles. The predicted octanol–water partition coefficient (Wildman–Crippen LogP) is 4.52. The number of carbonyl (C=O) groups is 2. The number of rotatable bonds is 3. The minimum absolute atomic E-state index is 0.0197. The van der Waals surface area contributed by atoms with Gasteiger partial charge in [0.05, 0.1) is 6.04 Å². The summed E-state index contributed by atoms with van der Waals surface area (Å²) in [5.41, 5.74) is -1.19. The Morgan fingerprint density at radius 1 is 1.19 bits per heavy atom. The predicted molar refractivity (Wildman–Crippen MR) is 112 cm³/mol. The molecule has 1 heterocycles. The van der Waals surface area contributed by atoms with Gasteiger partial charge in [0.15, 0.2) is 0 Å². The van der Waals surface area contributed by atoms with Crippen molar-refractivity contribution in [2.75, 3.05) is 0 Å². The van der Waals surface area contributed by atoms with E-state index in [1.165, 1.54) is 6.92 Å². The summed E-state index contributed by atoms with van der Waals surface area (Å²) in [6, 6.07) is -0.970. The van der Waals surface area contributed by atoms with Crippen LogP contribution in [-0.2, 0) is 9.59 Å². The summed E-state index contributed by atoms with van der Waals surface area (Å²) in [7, 11) is 0. The molecule has 1 unspecified atom stereocenters. The molecule has 0 spiro atoms. The third kappa shape index (κ3) is 3.52. The molecule has 3 aliphatic carbocycles. The summed E-state index contributed by atoms with van der Waals surface area (Å²) < 4.78 is 38.9. The maximum absolute atomic E-state index is 13.1. The number of halogens is 3. The second-order valence-corrected chi connectivity index (χ2v) is 10.6. The molecule has 0 aromatic carbocycles. The monoisotopic (exact) mass is 438 g/mol. The molecule has 0 radical (unpaired) electrons. The van der Waals surface area contributed by atoms with Gasteiger partial charge in [-0.1, -0.05) is 26.5 Å². The topological polar surface area (TPSA) is 58.2 Å². The van der Waals surface area contributed by atoms with Crippen LogP contribution < -0.4 is 10.6 Å². The largest absolute Gasteiger partial charge is 0.414 e. The number of alkyl halides is 3. The van der Waals surface area contributed by atoms with Crippen LogP contribution >= 0.6 is 0 Å². The Bertz CT molecular complexity index is 822. The fourth-order valence-electron chi connectivity index (χ4n) is 7.41. The zero-order valence-electron chi connectivity index (χ0n) is 18.5. The molecule has 4 nitrogen and oxygen atoms in total. The fourth-order valence-corrected chi connectivity index (χ4v) is 7.41. The molecule has 0 saturated heterocycles. The molecule has 3 fully saturated rings. The van der Waals surface area contributed by atoms with E-state index < -0.39 is 17.8 Å². The zero-order valence-corrected chi connectivity index (χ0v) is 18.5. The van der Waals surface area contributed by atoms with Gasteiger partial charge >= 0.3 is 6.18 Å².